The molecule has 0 aliphatic rings. The quantitative estimate of drug-likeness (QED) is 0.786. The van der Waals surface area contributed by atoms with Gasteiger partial charge in [0.2, 0.25) is 10.9 Å². The van der Waals surface area contributed by atoms with Crippen LogP contribution >= 0.6 is 22.7 Å². The zero-order chi connectivity index (χ0) is 14.8. The first kappa shape index (κ1) is 14.2. The van der Waals surface area contributed by atoms with Crippen LogP contribution in [0.2, 0.25) is 0 Å². The molecule has 0 radical (unpaired) electrons. The molecule has 1 amide bonds. The summed E-state index contributed by atoms with van der Waals surface area (Å²) in [5.41, 5.74) is 2.93. The Balaban J connectivity index is 1.71. The summed E-state index contributed by atoms with van der Waals surface area (Å²) in [5, 5.41) is 12.5. The predicted octanol–water partition coefficient (Wildman–Crippen LogP) is 2.58. The number of aromatic nitrogens is 3. The smallest absolute Gasteiger partial charge is 0.224 e. The number of carbonyl (C=O) groups excluding carboxylic acids is 1. The molecular weight excluding hydrogens is 304 g/mol. The summed E-state index contributed by atoms with van der Waals surface area (Å²) >= 11 is 3.20. The molecule has 0 spiro atoms. The van der Waals surface area contributed by atoms with Crippen molar-refractivity contribution in [3.63, 3.8) is 0 Å². The van der Waals surface area contributed by atoms with E-state index in [1.54, 1.807) is 22.7 Å². The fourth-order valence-electron chi connectivity index (χ4n) is 2.10. The average Bonchev–Trinajstić information content (AvgIpc) is 3.13. The molecule has 0 aliphatic carbocycles. The minimum atomic E-state index is 0.0219. The normalized spacial score (nSPS) is 11.1. The maximum atomic E-state index is 12.0. The summed E-state index contributed by atoms with van der Waals surface area (Å²) in [4.78, 5) is 17.4. The van der Waals surface area contributed by atoms with Gasteiger partial charge in [0.1, 0.15) is 5.01 Å². The lowest BCUT2D eigenvalue weighted by Crippen LogP contribution is -2.25. The minimum absolute atomic E-state index is 0.0219. The maximum absolute atomic E-state index is 12.0. The molecule has 21 heavy (non-hydrogen) atoms. The molecule has 3 heterocycles. The van der Waals surface area contributed by atoms with Crippen molar-refractivity contribution in [2.75, 3.05) is 0 Å². The Morgan fingerprint density at radius 1 is 1.48 bits per heavy atom. The van der Waals surface area contributed by atoms with E-state index in [9.17, 15) is 4.79 Å². The van der Waals surface area contributed by atoms with E-state index in [0.717, 1.165) is 33.3 Å². The van der Waals surface area contributed by atoms with Crippen LogP contribution < -0.4 is 5.32 Å². The second-order valence-corrected chi connectivity index (χ2v) is 6.59. The first-order valence-electron chi connectivity index (χ1n) is 6.79. The highest BCUT2D eigenvalue weighted by atomic mass is 32.1. The van der Waals surface area contributed by atoms with Crippen LogP contribution in [0.5, 0.6) is 0 Å². The number of aryl methyl sites for hydroxylation is 2. The highest BCUT2D eigenvalue weighted by Crippen LogP contribution is 2.18. The molecular formula is C14H16N4OS2. The molecule has 3 aromatic heterocycles. The number of carbonyl (C=O) groups is 1. The predicted molar refractivity (Wildman–Crippen MR) is 84.8 cm³/mol. The summed E-state index contributed by atoms with van der Waals surface area (Å²) in [6.45, 7) is 4.49. The Labute approximate surface area is 130 Å². The Morgan fingerprint density at radius 2 is 2.33 bits per heavy atom. The second kappa shape index (κ2) is 5.95. The van der Waals surface area contributed by atoms with Gasteiger partial charge in [-0.05, 0) is 35.7 Å². The molecule has 0 aliphatic heterocycles. The monoisotopic (exact) mass is 320 g/mol. The van der Waals surface area contributed by atoms with E-state index in [-0.39, 0.29) is 5.91 Å². The van der Waals surface area contributed by atoms with Crippen LogP contribution in [0.15, 0.2) is 16.8 Å². The average molecular weight is 320 g/mol. The van der Waals surface area contributed by atoms with Gasteiger partial charge < -0.3 is 5.32 Å². The van der Waals surface area contributed by atoms with Crippen molar-refractivity contribution in [3.05, 3.63) is 38.8 Å². The molecule has 0 saturated carbocycles. The summed E-state index contributed by atoms with van der Waals surface area (Å²) in [5.74, 6) is 0.0219. The van der Waals surface area contributed by atoms with Crippen molar-refractivity contribution in [2.45, 2.75) is 33.2 Å². The molecule has 0 bridgehead atoms. The fraction of sp³-hybridized carbons (Fsp3) is 0.357. The summed E-state index contributed by atoms with van der Waals surface area (Å²) in [7, 11) is 0. The highest BCUT2D eigenvalue weighted by Gasteiger charge is 2.14. The van der Waals surface area contributed by atoms with Crippen LogP contribution in [-0.4, -0.2) is 20.5 Å². The fourth-order valence-corrected chi connectivity index (χ4v) is 3.67. The van der Waals surface area contributed by atoms with Gasteiger partial charge >= 0.3 is 0 Å². The molecule has 0 atom stereocenters. The lowest BCUT2D eigenvalue weighted by molar-refractivity contribution is -0.120. The van der Waals surface area contributed by atoms with E-state index in [2.05, 4.69) is 22.3 Å². The van der Waals surface area contributed by atoms with Crippen LogP contribution in [0.25, 0.3) is 4.96 Å². The van der Waals surface area contributed by atoms with E-state index in [1.165, 1.54) is 0 Å². The summed E-state index contributed by atoms with van der Waals surface area (Å²) in [6, 6.07) is 1.97. The van der Waals surface area contributed by atoms with Gasteiger partial charge in [0.05, 0.1) is 24.4 Å². The first-order valence-corrected chi connectivity index (χ1v) is 8.55. The number of imidazole rings is 1. The first-order chi connectivity index (χ1) is 10.2. The SMILES string of the molecule is CCc1nn2c(CNC(=O)Cc3ccsc3)c(C)nc2s1. The largest absolute Gasteiger partial charge is 0.350 e. The highest BCUT2D eigenvalue weighted by molar-refractivity contribution is 7.16. The van der Waals surface area contributed by atoms with Crippen molar-refractivity contribution in [3.8, 4) is 0 Å². The number of hydrogen-bond acceptors (Lipinski definition) is 5. The molecule has 3 aromatic rings. The van der Waals surface area contributed by atoms with Gasteiger partial charge in [-0.1, -0.05) is 18.3 Å². The molecule has 110 valence electrons. The number of fused-ring (bicyclic) bond motifs is 1. The molecule has 3 rings (SSSR count). The van der Waals surface area contributed by atoms with Gasteiger partial charge in [0.15, 0.2) is 0 Å². The van der Waals surface area contributed by atoms with Gasteiger partial charge in [-0.3, -0.25) is 4.79 Å². The number of hydrogen-bond donors (Lipinski definition) is 1. The third-order valence-corrected chi connectivity index (χ3v) is 5.02. The van der Waals surface area contributed by atoms with Gasteiger partial charge in [-0.25, -0.2) is 9.50 Å². The molecule has 0 saturated heterocycles. The molecule has 7 heteroatoms. The topological polar surface area (TPSA) is 59.3 Å². The third kappa shape index (κ3) is 2.98. The molecule has 0 aromatic carbocycles. The van der Waals surface area contributed by atoms with Crippen LogP contribution in [-0.2, 0) is 24.2 Å². The van der Waals surface area contributed by atoms with Crippen LogP contribution in [0.1, 0.15) is 28.9 Å². The number of nitrogens with one attached hydrogen (secondary N) is 1. The van der Waals surface area contributed by atoms with E-state index in [1.807, 2.05) is 28.3 Å². The summed E-state index contributed by atoms with van der Waals surface area (Å²) < 4.78 is 1.85. The molecule has 0 unspecified atom stereocenters. The standard InChI is InChI=1S/C14H16N4OS2/c1-3-13-17-18-11(9(2)16-14(18)21-13)7-15-12(19)6-10-4-5-20-8-10/h4-5,8H,3,6-7H2,1-2H3,(H,15,19). The van der Waals surface area contributed by atoms with E-state index in [0.29, 0.717) is 13.0 Å². The Hall–Kier alpha value is -1.73. The van der Waals surface area contributed by atoms with E-state index < -0.39 is 0 Å². The number of rotatable bonds is 5. The van der Waals surface area contributed by atoms with Crippen LogP contribution in [0.4, 0.5) is 0 Å². The van der Waals surface area contributed by atoms with Crippen molar-refractivity contribution < 1.29 is 4.79 Å². The van der Waals surface area contributed by atoms with Crippen molar-refractivity contribution in [1.29, 1.82) is 0 Å². The van der Waals surface area contributed by atoms with E-state index >= 15 is 0 Å². The lowest BCUT2D eigenvalue weighted by atomic mass is 10.2. The lowest BCUT2D eigenvalue weighted by Gasteiger charge is -2.04. The maximum Gasteiger partial charge on any atom is 0.224 e. The van der Waals surface area contributed by atoms with Gasteiger partial charge in [-0.15, -0.1) is 0 Å². The minimum Gasteiger partial charge on any atom is -0.350 e. The second-order valence-electron chi connectivity index (χ2n) is 4.77. The van der Waals surface area contributed by atoms with Gasteiger partial charge in [-0.2, -0.15) is 16.4 Å². The van der Waals surface area contributed by atoms with Crippen LogP contribution in [0.3, 0.4) is 0 Å². The van der Waals surface area contributed by atoms with Gasteiger partial charge in [0, 0.05) is 0 Å². The zero-order valence-corrected chi connectivity index (χ0v) is 13.6. The van der Waals surface area contributed by atoms with Gasteiger partial charge in [0.25, 0.3) is 0 Å². The Kier molecular flexibility index (Phi) is 4.03. The van der Waals surface area contributed by atoms with E-state index in [4.69, 9.17) is 0 Å². The Morgan fingerprint density at radius 3 is 3.05 bits per heavy atom. The van der Waals surface area contributed by atoms with Crippen molar-refractivity contribution in [2.24, 2.45) is 0 Å². The number of nitrogens with zero attached hydrogens (tertiary/aromatic N) is 3. The van der Waals surface area contributed by atoms with Crippen molar-refractivity contribution in [1.82, 2.24) is 19.9 Å². The number of thiophene rings is 1. The molecule has 0 fully saturated rings. The van der Waals surface area contributed by atoms with Crippen molar-refractivity contribution >= 4 is 33.5 Å². The molecule has 5 nitrogen and oxygen atoms in total. The summed E-state index contributed by atoms with van der Waals surface area (Å²) in [6.07, 6.45) is 1.32. The Bertz CT molecular complexity index is 757. The van der Waals surface area contributed by atoms with Crippen LogP contribution in [0, 0.1) is 6.92 Å². The third-order valence-electron chi connectivity index (χ3n) is 3.24. The molecule has 1 N–H and O–H groups in total. The number of amides is 1. The zero-order valence-electron chi connectivity index (χ0n) is 11.9.